The summed E-state index contributed by atoms with van der Waals surface area (Å²) in [4.78, 5) is 34.5. The zero-order chi connectivity index (χ0) is 31.3. The third-order valence-corrected chi connectivity index (χ3v) is 8.69. The van der Waals surface area contributed by atoms with Gasteiger partial charge in [-0.25, -0.2) is 4.98 Å². The molecule has 10 heteroatoms. The first-order valence-electron chi connectivity index (χ1n) is 15.3. The lowest BCUT2D eigenvalue weighted by Crippen LogP contribution is -2.48. The third-order valence-electron chi connectivity index (χ3n) is 8.69. The van der Waals surface area contributed by atoms with Crippen molar-refractivity contribution in [2.45, 2.75) is 83.8 Å². The summed E-state index contributed by atoms with van der Waals surface area (Å²) in [6.07, 6.45) is 14.6. The highest BCUT2D eigenvalue weighted by Gasteiger charge is 2.38. The Bertz CT molecular complexity index is 1470. The van der Waals surface area contributed by atoms with Crippen LogP contribution in [0.4, 0.5) is 13.2 Å². The fourth-order valence-corrected chi connectivity index (χ4v) is 6.42. The monoisotopic (exact) mass is 608 g/mol. The third kappa shape index (κ3) is 7.70. The van der Waals surface area contributed by atoms with Crippen molar-refractivity contribution in [2.24, 2.45) is 11.8 Å². The highest BCUT2D eigenvalue weighted by molar-refractivity contribution is 5.90. The van der Waals surface area contributed by atoms with Crippen LogP contribution in [0.25, 0.3) is 0 Å². The number of amides is 2. The fourth-order valence-electron chi connectivity index (χ4n) is 6.42. The quantitative estimate of drug-likeness (QED) is 0.334. The van der Waals surface area contributed by atoms with Gasteiger partial charge in [0.2, 0.25) is 11.8 Å². The Morgan fingerprint density at radius 1 is 1.14 bits per heavy atom. The van der Waals surface area contributed by atoms with E-state index in [1.807, 2.05) is 56.3 Å². The zero-order valence-corrected chi connectivity index (χ0v) is 25.1. The molecule has 3 unspecified atom stereocenters. The van der Waals surface area contributed by atoms with E-state index >= 15 is 0 Å². The number of alkyl halides is 3. The predicted molar refractivity (Wildman–Crippen MR) is 161 cm³/mol. The molecule has 1 saturated carbocycles. The predicted octanol–water partition coefficient (Wildman–Crippen LogP) is 6.98. The Balaban J connectivity index is 1.50. The molecule has 3 atom stereocenters. The summed E-state index contributed by atoms with van der Waals surface area (Å²) < 4.78 is 44.9. The summed E-state index contributed by atoms with van der Waals surface area (Å²) >= 11 is 0. The molecule has 0 radical (unpaired) electrons. The fraction of sp³-hybridized carbons (Fsp3) is 0.441. The van der Waals surface area contributed by atoms with Crippen LogP contribution in [0.2, 0.25) is 0 Å². The van der Waals surface area contributed by atoms with Crippen molar-refractivity contribution in [1.82, 2.24) is 19.8 Å². The maximum absolute atomic E-state index is 14.3. The van der Waals surface area contributed by atoms with Gasteiger partial charge in [-0.2, -0.15) is 0 Å². The van der Waals surface area contributed by atoms with Gasteiger partial charge in [-0.05, 0) is 80.7 Å². The number of ether oxygens (including phenoxy) is 1. The first kappa shape index (κ1) is 31.3. The van der Waals surface area contributed by atoms with Crippen LogP contribution < -0.4 is 5.32 Å². The van der Waals surface area contributed by atoms with Crippen LogP contribution in [0.5, 0.6) is 0 Å². The van der Waals surface area contributed by atoms with Crippen LogP contribution in [0.15, 0.2) is 84.6 Å². The first-order chi connectivity index (χ1) is 21.1. The average Bonchev–Trinajstić information content (AvgIpc) is 3.39. The minimum Gasteiger partial charge on any atom is -0.406 e. The smallest absolute Gasteiger partial charge is 0.406 e. The molecular formula is C34H39F3N4O3. The molecule has 1 aromatic carbocycles. The van der Waals surface area contributed by atoms with Gasteiger partial charge in [0.1, 0.15) is 24.2 Å². The molecule has 3 aliphatic rings. The Kier molecular flexibility index (Phi) is 9.76. The molecule has 1 aromatic heterocycles. The number of rotatable bonds is 9. The first-order valence-corrected chi connectivity index (χ1v) is 15.3. The summed E-state index contributed by atoms with van der Waals surface area (Å²) in [6, 6.07) is 6.69. The number of hydrogen-bond donors (Lipinski definition) is 1. The number of nitrogens with one attached hydrogen (secondary N) is 1. The molecule has 0 aliphatic heterocycles. The summed E-state index contributed by atoms with van der Waals surface area (Å²) in [5.41, 5.74) is 2.24. The SMILES string of the molecule is Cc1ccccc1C(C(=O)NC1CCCCC1)N(C(=O)Cn1ccnc1C)C1=CC=CC(C2C=C(OC(F)(F)F)C=CC2)C1. The number of halogens is 3. The molecule has 5 rings (SSSR count). The van der Waals surface area contributed by atoms with Crippen molar-refractivity contribution in [3.63, 3.8) is 0 Å². The lowest BCUT2D eigenvalue weighted by atomic mass is 9.81. The number of carbonyl (C=O) groups is 2. The maximum Gasteiger partial charge on any atom is 0.573 e. The topological polar surface area (TPSA) is 76.5 Å². The second-order valence-corrected chi connectivity index (χ2v) is 11.8. The number of hydrogen-bond acceptors (Lipinski definition) is 4. The van der Waals surface area contributed by atoms with Crippen LogP contribution in [0.1, 0.15) is 67.9 Å². The standard InChI is InChI=1S/C34H39F3N4O3/c1-23-10-6-7-17-30(23)32(33(43)39-27-13-4-3-5-14-27)41(31(42)22-40-19-18-38-24(40)2)28-15-8-11-25(20-28)26-12-9-16-29(21-26)44-34(35,36)37/h6-11,15-19,21,25-27,32H,3-5,12-14,20,22H2,1-2H3,(H,39,43). The van der Waals surface area contributed by atoms with E-state index in [-0.39, 0.29) is 42.0 Å². The van der Waals surface area contributed by atoms with E-state index in [0.717, 1.165) is 43.2 Å². The molecule has 1 fully saturated rings. The zero-order valence-electron chi connectivity index (χ0n) is 25.1. The molecule has 0 bridgehead atoms. The van der Waals surface area contributed by atoms with Gasteiger partial charge < -0.3 is 14.6 Å². The van der Waals surface area contributed by atoms with Crippen LogP contribution in [-0.4, -0.2) is 38.7 Å². The molecule has 1 N–H and O–H groups in total. The lowest BCUT2D eigenvalue weighted by molar-refractivity contribution is -0.303. The molecule has 1 heterocycles. The second-order valence-electron chi connectivity index (χ2n) is 11.8. The molecular weight excluding hydrogens is 569 g/mol. The Morgan fingerprint density at radius 2 is 1.91 bits per heavy atom. The van der Waals surface area contributed by atoms with Gasteiger partial charge in [-0.3, -0.25) is 14.5 Å². The van der Waals surface area contributed by atoms with Gasteiger partial charge in [0, 0.05) is 24.1 Å². The average molecular weight is 609 g/mol. The van der Waals surface area contributed by atoms with E-state index in [1.54, 1.807) is 27.9 Å². The van der Waals surface area contributed by atoms with Crippen molar-refractivity contribution < 1.29 is 27.5 Å². The largest absolute Gasteiger partial charge is 0.573 e. The van der Waals surface area contributed by atoms with Gasteiger partial charge in [0.05, 0.1) is 0 Å². The van der Waals surface area contributed by atoms with Gasteiger partial charge in [0.25, 0.3) is 0 Å². The van der Waals surface area contributed by atoms with Crippen LogP contribution >= 0.6 is 0 Å². The summed E-state index contributed by atoms with van der Waals surface area (Å²) in [6.45, 7) is 3.72. The van der Waals surface area contributed by atoms with Crippen LogP contribution in [-0.2, 0) is 20.9 Å². The number of carbonyl (C=O) groups excluding carboxylic acids is 2. The number of allylic oxidation sites excluding steroid dienone is 7. The van der Waals surface area contributed by atoms with E-state index < -0.39 is 12.4 Å². The number of nitrogens with zero attached hydrogens (tertiary/aromatic N) is 3. The number of aromatic nitrogens is 2. The molecule has 7 nitrogen and oxygen atoms in total. The Hall–Kier alpha value is -4.08. The molecule has 2 amide bonds. The number of imidazole rings is 1. The van der Waals surface area contributed by atoms with Crippen molar-refractivity contribution in [3.05, 3.63) is 102 Å². The lowest BCUT2D eigenvalue weighted by Gasteiger charge is -2.38. The van der Waals surface area contributed by atoms with Gasteiger partial charge in [-0.1, -0.05) is 61.8 Å². The Labute approximate surface area is 256 Å². The molecule has 2 aromatic rings. The number of aryl methyl sites for hydroxylation is 2. The molecule has 234 valence electrons. The number of benzene rings is 1. The van der Waals surface area contributed by atoms with Crippen LogP contribution in [0.3, 0.4) is 0 Å². The summed E-state index contributed by atoms with van der Waals surface area (Å²) in [7, 11) is 0. The summed E-state index contributed by atoms with van der Waals surface area (Å²) in [5, 5.41) is 3.25. The Morgan fingerprint density at radius 3 is 2.61 bits per heavy atom. The minimum absolute atomic E-state index is 0.0215. The van der Waals surface area contributed by atoms with Crippen molar-refractivity contribution >= 4 is 11.8 Å². The van der Waals surface area contributed by atoms with Crippen LogP contribution in [0, 0.1) is 25.7 Å². The maximum atomic E-state index is 14.3. The minimum atomic E-state index is -4.79. The molecule has 3 aliphatic carbocycles. The molecule has 0 saturated heterocycles. The van der Waals surface area contributed by atoms with Gasteiger partial charge in [-0.15, -0.1) is 13.2 Å². The van der Waals surface area contributed by atoms with Crippen molar-refractivity contribution in [2.75, 3.05) is 0 Å². The van der Waals surface area contributed by atoms with Gasteiger partial charge in [0.15, 0.2) is 0 Å². The van der Waals surface area contributed by atoms with E-state index in [0.29, 0.717) is 24.4 Å². The van der Waals surface area contributed by atoms with E-state index in [2.05, 4.69) is 15.0 Å². The van der Waals surface area contributed by atoms with E-state index in [4.69, 9.17) is 0 Å². The normalized spacial score (nSPS) is 21.3. The van der Waals surface area contributed by atoms with Gasteiger partial charge >= 0.3 is 6.36 Å². The molecule has 0 spiro atoms. The second kappa shape index (κ2) is 13.7. The highest BCUT2D eigenvalue weighted by Crippen LogP contribution is 2.38. The van der Waals surface area contributed by atoms with Crippen molar-refractivity contribution in [3.8, 4) is 0 Å². The summed E-state index contributed by atoms with van der Waals surface area (Å²) in [5.74, 6) is -0.585. The molecule has 44 heavy (non-hydrogen) atoms. The van der Waals surface area contributed by atoms with Crippen molar-refractivity contribution in [1.29, 1.82) is 0 Å². The highest BCUT2D eigenvalue weighted by atomic mass is 19.4. The van der Waals surface area contributed by atoms with E-state index in [9.17, 15) is 22.8 Å². The van der Waals surface area contributed by atoms with E-state index in [1.165, 1.54) is 12.2 Å².